The van der Waals surface area contributed by atoms with Gasteiger partial charge in [-0.25, -0.2) is 0 Å². The van der Waals surface area contributed by atoms with Crippen LogP contribution in [0, 0.1) is 6.92 Å². The SMILES string of the molecule is Cc1ccc(S(=O)(=O)F)c2cccnc12. The number of benzene rings is 1. The normalized spacial score (nSPS) is 11.9. The Morgan fingerprint density at radius 1 is 1.27 bits per heavy atom. The third kappa shape index (κ3) is 1.70. The predicted octanol–water partition coefficient (Wildman–Crippen LogP) is 2.20. The molecular formula is C10H8FNO2S. The lowest BCUT2D eigenvalue weighted by Gasteiger charge is -2.03. The molecule has 1 aromatic heterocycles. The molecule has 0 spiro atoms. The molecule has 0 N–H and O–H groups in total. The van der Waals surface area contributed by atoms with E-state index in [1.807, 2.05) is 0 Å². The van der Waals surface area contributed by atoms with Crippen molar-refractivity contribution in [1.29, 1.82) is 0 Å². The smallest absolute Gasteiger partial charge is 0.256 e. The van der Waals surface area contributed by atoms with Crippen LogP contribution < -0.4 is 0 Å². The van der Waals surface area contributed by atoms with E-state index in [9.17, 15) is 12.3 Å². The van der Waals surface area contributed by atoms with E-state index in [-0.39, 0.29) is 4.90 Å². The fraction of sp³-hybridized carbons (Fsp3) is 0.100. The van der Waals surface area contributed by atoms with Gasteiger partial charge in [0.05, 0.1) is 5.52 Å². The summed E-state index contributed by atoms with van der Waals surface area (Å²) in [6.45, 7) is 1.80. The standard InChI is InChI=1S/C10H8FNO2S/c1-7-4-5-9(15(11,13)14)8-3-2-6-12-10(7)8/h2-6H,1H3. The summed E-state index contributed by atoms with van der Waals surface area (Å²) >= 11 is 0. The zero-order valence-electron chi connectivity index (χ0n) is 7.94. The van der Waals surface area contributed by atoms with Crippen molar-refractivity contribution in [3.05, 3.63) is 36.0 Å². The second kappa shape index (κ2) is 3.27. The molecule has 1 heterocycles. The molecule has 1 aromatic carbocycles. The molecule has 0 amide bonds. The van der Waals surface area contributed by atoms with Crippen LogP contribution in [0.25, 0.3) is 10.9 Å². The summed E-state index contributed by atoms with van der Waals surface area (Å²) in [5, 5.41) is 0.319. The van der Waals surface area contributed by atoms with Crippen molar-refractivity contribution in [2.75, 3.05) is 0 Å². The molecule has 0 aliphatic carbocycles. The highest BCUT2D eigenvalue weighted by Crippen LogP contribution is 2.25. The van der Waals surface area contributed by atoms with Crippen molar-refractivity contribution in [3.8, 4) is 0 Å². The molecular weight excluding hydrogens is 217 g/mol. The van der Waals surface area contributed by atoms with E-state index < -0.39 is 10.2 Å². The van der Waals surface area contributed by atoms with Gasteiger partial charge in [0.1, 0.15) is 4.90 Å². The van der Waals surface area contributed by atoms with Crippen LogP contribution in [0.3, 0.4) is 0 Å². The Balaban J connectivity index is 2.96. The van der Waals surface area contributed by atoms with E-state index in [0.29, 0.717) is 10.9 Å². The molecule has 15 heavy (non-hydrogen) atoms. The lowest BCUT2D eigenvalue weighted by Crippen LogP contribution is -1.95. The fourth-order valence-corrected chi connectivity index (χ4v) is 2.16. The van der Waals surface area contributed by atoms with E-state index in [4.69, 9.17) is 0 Å². The zero-order valence-corrected chi connectivity index (χ0v) is 8.75. The van der Waals surface area contributed by atoms with Crippen molar-refractivity contribution >= 4 is 21.1 Å². The summed E-state index contributed by atoms with van der Waals surface area (Å²) in [6, 6.07) is 5.93. The third-order valence-corrected chi connectivity index (χ3v) is 3.08. The van der Waals surface area contributed by atoms with E-state index in [2.05, 4.69) is 4.98 Å². The molecule has 5 heteroatoms. The van der Waals surface area contributed by atoms with Crippen LogP contribution in [0.5, 0.6) is 0 Å². The van der Waals surface area contributed by atoms with Crippen molar-refractivity contribution in [3.63, 3.8) is 0 Å². The molecule has 0 aliphatic heterocycles. The molecule has 0 bridgehead atoms. The van der Waals surface area contributed by atoms with Gasteiger partial charge in [0.2, 0.25) is 0 Å². The molecule has 0 atom stereocenters. The molecule has 0 fully saturated rings. The van der Waals surface area contributed by atoms with Gasteiger partial charge in [-0.15, -0.1) is 3.89 Å². The Labute approximate surface area is 86.8 Å². The largest absolute Gasteiger partial charge is 0.332 e. The molecule has 0 unspecified atom stereocenters. The van der Waals surface area contributed by atoms with Gasteiger partial charge < -0.3 is 0 Å². The molecule has 0 radical (unpaired) electrons. The van der Waals surface area contributed by atoms with Crippen LogP contribution in [-0.4, -0.2) is 13.4 Å². The average Bonchev–Trinajstić information content (AvgIpc) is 2.17. The highest BCUT2D eigenvalue weighted by Gasteiger charge is 2.16. The number of nitrogens with zero attached hydrogens (tertiary/aromatic N) is 1. The Kier molecular flexibility index (Phi) is 2.19. The first-order valence-corrected chi connectivity index (χ1v) is 5.67. The monoisotopic (exact) mass is 225 g/mol. The van der Waals surface area contributed by atoms with Gasteiger partial charge in [-0.2, -0.15) is 8.42 Å². The van der Waals surface area contributed by atoms with E-state index in [0.717, 1.165) is 5.56 Å². The number of fused-ring (bicyclic) bond motifs is 1. The molecule has 0 saturated heterocycles. The van der Waals surface area contributed by atoms with Crippen molar-refractivity contribution in [2.24, 2.45) is 0 Å². The number of hydrogen-bond donors (Lipinski definition) is 0. The number of rotatable bonds is 1. The maximum atomic E-state index is 12.9. The van der Waals surface area contributed by atoms with Gasteiger partial charge in [0, 0.05) is 11.6 Å². The molecule has 3 nitrogen and oxygen atoms in total. The first kappa shape index (κ1) is 10.0. The van der Waals surface area contributed by atoms with Crippen LogP contribution in [0.1, 0.15) is 5.56 Å². The molecule has 2 rings (SSSR count). The van der Waals surface area contributed by atoms with Crippen molar-refractivity contribution < 1.29 is 12.3 Å². The lowest BCUT2D eigenvalue weighted by atomic mass is 10.1. The molecule has 78 valence electrons. The quantitative estimate of drug-likeness (QED) is 0.699. The van der Waals surface area contributed by atoms with Gasteiger partial charge >= 0.3 is 10.2 Å². The minimum Gasteiger partial charge on any atom is -0.256 e. The Bertz CT molecular complexity index is 622. The molecule has 0 aliphatic rings. The topological polar surface area (TPSA) is 47.0 Å². The Morgan fingerprint density at radius 3 is 2.67 bits per heavy atom. The first-order valence-electron chi connectivity index (χ1n) is 4.29. The molecule has 2 aromatic rings. The van der Waals surface area contributed by atoms with Crippen LogP contribution in [0.4, 0.5) is 3.89 Å². The van der Waals surface area contributed by atoms with Crippen molar-refractivity contribution in [1.82, 2.24) is 4.98 Å². The lowest BCUT2D eigenvalue weighted by molar-refractivity contribution is 0.553. The number of aromatic nitrogens is 1. The van der Waals surface area contributed by atoms with Gasteiger partial charge in [-0.3, -0.25) is 4.98 Å². The molecule has 0 saturated carbocycles. The van der Waals surface area contributed by atoms with Gasteiger partial charge in [0.25, 0.3) is 0 Å². The summed E-state index contributed by atoms with van der Waals surface area (Å²) in [5.41, 5.74) is 1.33. The zero-order chi connectivity index (χ0) is 11.1. The fourth-order valence-electron chi connectivity index (χ4n) is 1.50. The predicted molar refractivity (Wildman–Crippen MR) is 54.8 cm³/mol. The number of halogens is 1. The number of hydrogen-bond acceptors (Lipinski definition) is 3. The first-order chi connectivity index (χ1) is 7.00. The Hall–Kier alpha value is -1.49. The second-order valence-corrected chi connectivity index (χ2v) is 4.53. The van der Waals surface area contributed by atoms with Gasteiger partial charge in [0.15, 0.2) is 0 Å². The number of aryl methyl sites for hydroxylation is 1. The summed E-state index contributed by atoms with van der Waals surface area (Å²) < 4.78 is 34.7. The van der Waals surface area contributed by atoms with Gasteiger partial charge in [-0.05, 0) is 30.7 Å². The van der Waals surface area contributed by atoms with E-state index in [1.54, 1.807) is 31.3 Å². The van der Waals surface area contributed by atoms with Crippen LogP contribution in [0.15, 0.2) is 35.4 Å². The van der Waals surface area contributed by atoms with Crippen LogP contribution in [0.2, 0.25) is 0 Å². The number of pyridine rings is 1. The minimum atomic E-state index is -4.69. The van der Waals surface area contributed by atoms with Crippen LogP contribution in [-0.2, 0) is 10.2 Å². The Morgan fingerprint density at radius 2 is 2.00 bits per heavy atom. The minimum absolute atomic E-state index is 0.319. The summed E-state index contributed by atoms with van der Waals surface area (Å²) in [6.07, 6.45) is 1.55. The summed E-state index contributed by atoms with van der Waals surface area (Å²) in [5.74, 6) is 0. The van der Waals surface area contributed by atoms with Crippen molar-refractivity contribution in [2.45, 2.75) is 11.8 Å². The second-order valence-electron chi connectivity index (χ2n) is 3.22. The average molecular weight is 225 g/mol. The summed E-state index contributed by atoms with van der Waals surface area (Å²) in [4.78, 5) is 3.70. The van der Waals surface area contributed by atoms with E-state index >= 15 is 0 Å². The maximum Gasteiger partial charge on any atom is 0.332 e. The van der Waals surface area contributed by atoms with E-state index in [1.165, 1.54) is 6.07 Å². The third-order valence-electron chi connectivity index (χ3n) is 2.19. The highest BCUT2D eigenvalue weighted by atomic mass is 32.3. The van der Waals surface area contributed by atoms with Gasteiger partial charge in [-0.1, -0.05) is 6.07 Å². The maximum absolute atomic E-state index is 12.9. The highest BCUT2D eigenvalue weighted by molar-refractivity contribution is 7.86. The summed E-state index contributed by atoms with van der Waals surface area (Å²) in [7, 11) is -4.69. The van der Waals surface area contributed by atoms with Crippen LogP contribution >= 0.6 is 0 Å².